The van der Waals surface area contributed by atoms with Gasteiger partial charge in [0.25, 0.3) is 0 Å². The Labute approximate surface area is 118 Å². The monoisotopic (exact) mass is 293 g/mol. The first kappa shape index (κ1) is 19.1. The van der Waals surface area contributed by atoms with Gasteiger partial charge in [-0.05, 0) is 12.3 Å². The van der Waals surface area contributed by atoms with Crippen LogP contribution in [0.25, 0.3) is 0 Å². The van der Waals surface area contributed by atoms with E-state index >= 15 is 0 Å². The molecule has 0 spiro atoms. The van der Waals surface area contributed by atoms with Crippen molar-refractivity contribution in [1.29, 1.82) is 0 Å². The smallest absolute Gasteiger partial charge is 0.204 e. The van der Waals surface area contributed by atoms with Gasteiger partial charge in [-0.1, -0.05) is 40.5 Å². The number of hydrogen-bond acceptors (Lipinski definition) is 4. The summed E-state index contributed by atoms with van der Waals surface area (Å²) in [6.07, 6.45) is 4.42. The first-order valence-electron chi connectivity index (χ1n) is 7.46. The van der Waals surface area contributed by atoms with Crippen LogP contribution in [0.4, 0.5) is 0 Å². The molecule has 0 radical (unpaired) electrons. The third kappa shape index (κ3) is 11.6. The van der Waals surface area contributed by atoms with Gasteiger partial charge in [0, 0.05) is 24.9 Å². The molecule has 0 heterocycles. The number of hydrogen-bond donors (Lipinski definition) is 2. The molecule has 0 fully saturated rings. The SMILES string of the molecule is CC(C)CCCCP(=O)(CCNC(C)C)OCCO. The first-order valence-corrected chi connectivity index (χ1v) is 9.46. The molecule has 0 aliphatic heterocycles. The van der Waals surface area contributed by atoms with Crippen LogP contribution in [0.1, 0.15) is 47.0 Å². The Bertz CT molecular complexity index is 257. The van der Waals surface area contributed by atoms with Gasteiger partial charge in [-0.25, -0.2) is 0 Å². The quantitative estimate of drug-likeness (QED) is 0.429. The summed E-state index contributed by atoms with van der Waals surface area (Å²) in [4.78, 5) is 0. The summed E-state index contributed by atoms with van der Waals surface area (Å²) >= 11 is 0. The fraction of sp³-hybridized carbons (Fsp3) is 1.00. The summed E-state index contributed by atoms with van der Waals surface area (Å²) < 4.78 is 18.1. The summed E-state index contributed by atoms with van der Waals surface area (Å²) in [6.45, 7) is 9.38. The molecule has 0 aromatic carbocycles. The van der Waals surface area contributed by atoms with Gasteiger partial charge < -0.3 is 14.9 Å². The number of rotatable bonds is 12. The minimum Gasteiger partial charge on any atom is -0.394 e. The van der Waals surface area contributed by atoms with Gasteiger partial charge in [0.1, 0.15) is 0 Å². The standard InChI is InChI=1S/C14H32NO3P/c1-13(2)7-5-6-11-19(17,18-10-9-16)12-8-15-14(3)4/h13-16H,5-12H2,1-4H3. The normalized spacial score (nSPS) is 15.1. The fourth-order valence-electron chi connectivity index (χ4n) is 1.88. The van der Waals surface area contributed by atoms with Crippen LogP contribution < -0.4 is 5.32 Å². The molecule has 0 amide bonds. The maximum absolute atomic E-state index is 12.6. The number of nitrogens with one attached hydrogen (secondary N) is 1. The highest BCUT2D eigenvalue weighted by molar-refractivity contribution is 7.59. The van der Waals surface area contributed by atoms with Crippen molar-refractivity contribution in [2.45, 2.75) is 53.0 Å². The molecule has 0 aliphatic rings. The Hall–Kier alpha value is 0.110. The molecule has 4 nitrogen and oxygen atoms in total. The van der Waals surface area contributed by atoms with Crippen molar-refractivity contribution in [3.63, 3.8) is 0 Å². The zero-order chi connectivity index (χ0) is 14.7. The van der Waals surface area contributed by atoms with Crippen LogP contribution in [0.3, 0.4) is 0 Å². The maximum atomic E-state index is 12.6. The van der Waals surface area contributed by atoms with E-state index < -0.39 is 7.37 Å². The summed E-state index contributed by atoms with van der Waals surface area (Å²) in [5.41, 5.74) is 0. The van der Waals surface area contributed by atoms with Crippen molar-refractivity contribution >= 4 is 7.37 Å². The van der Waals surface area contributed by atoms with Crippen LogP contribution in [-0.2, 0) is 9.09 Å². The summed E-state index contributed by atoms with van der Waals surface area (Å²) in [6, 6.07) is 0.396. The van der Waals surface area contributed by atoms with Crippen molar-refractivity contribution in [2.24, 2.45) is 5.92 Å². The van der Waals surface area contributed by atoms with E-state index in [1.165, 1.54) is 6.42 Å². The third-order valence-electron chi connectivity index (χ3n) is 2.95. The van der Waals surface area contributed by atoms with Gasteiger partial charge in [-0.15, -0.1) is 0 Å². The molecule has 116 valence electrons. The van der Waals surface area contributed by atoms with Crippen LogP contribution in [0.5, 0.6) is 0 Å². The molecule has 0 aromatic rings. The number of aliphatic hydroxyl groups is 1. The fourth-order valence-corrected chi connectivity index (χ4v) is 3.95. The zero-order valence-electron chi connectivity index (χ0n) is 13.0. The van der Waals surface area contributed by atoms with Gasteiger partial charge in [0.2, 0.25) is 7.37 Å². The second-order valence-electron chi connectivity index (χ2n) is 5.82. The average molecular weight is 293 g/mol. The molecule has 5 heteroatoms. The minimum absolute atomic E-state index is 0.0619. The minimum atomic E-state index is -2.57. The molecule has 1 unspecified atom stereocenters. The Morgan fingerprint density at radius 2 is 1.84 bits per heavy atom. The second-order valence-corrected chi connectivity index (χ2v) is 8.60. The lowest BCUT2D eigenvalue weighted by molar-refractivity contribution is 0.202. The summed E-state index contributed by atoms with van der Waals surface area (Å²) in [5, 5.41) is 12.1. The molecular formula is C14H32NO3P. The highest BCUT2D eigenvalue weighted by Crippen LogP contribution is 2.47. The van der Waals surface area contributed by atoms with Crippen molar-refractivity contribution < 1.29 is 14.2 Å². The Kier molecular flexibility index (Phi) is 10.9. The molecule has 0 rings (SSSR count). The van der Waals surface area contributed by atoms with E-state index in [4.69, 9.17) is 9.63 Å². The van der Waals surface area contributed by atoms with Gasteiger partial charge in [0.05, 0.1) is 13.2 Å². The lowest BCUT2D eigenvalue weighted by Crippen LogP contribution is -2.26. The molecule has 0 saturated heterocycles. The van der Waals surface area contributed by atoms with E-state index in [1.54, 1.807) is 0 Å². The van der Waals surface area contributed by atoms with Crippen molar-refractivity contribution in [3.8, 4) is 0 Å². The maximum Gasteiger partial charge on any atom is 0.204 e. The van der Waals surface area contributed by atoms with Gasteiger partial charge in [-0.2, -0.15) is 0 Å². The van der Waals surface area contributed by atoms with Gasteiger partial charge in [-0.3, -0.25) is 4.57 Å². The van der Waals surface area contributed by atoms with Crippen molar-refractivity contribution in [3.05, 3.63) is 0 Å². The second kappa shape index (κ2) is 10.8. The van der Waals surface area contributed by atoms with E-state index in [2.05, 4.69) is 33.0 Å². The van der Waals surface area contributed by atoms with Crippen molar-refractivity contribution in [2.75, 3.05) is 32.1 Å². The lowest BCUT2D eigenvalue weighted by atomic mass is 10.1. The zero-order valence-corrected chi connectivity index (χ0v) is 13.9. The molecule has 1 atom stereocenters. The highest BCUT2D eigenvalue weighted by atomic mass is 31.2. The van der Waals surface area contributed by atoms with Crippen LogP contribution in [-0.4, -0.2) is 43.2 Å². The molecule has 2 N–H and O–H groups in total. The Morgan fingerprint density at radius 1 is 1.16 bits per heavy atom. The van der Waals surface area contributed by atoms with Gasteiger partial charge >= 0.3 is 0 Å². The molecular weight excluding hydrogens is 261 g/mol. The molecule has 0 aliphatic carbocycles. The Morgan fingerprint density at radius 3 is 2.37 bits per heavy atom. The molecule has 19 heavy (non-hydrogen) atoms. The molecule has 0 saturated carbocycles. The van der Waals surface area contributed by atoms with Crippen molar-refractivity contribution in [1.82, 2.24) is 5.32 Å². The lowest BCUT2D eigenvalue weighted by Gasteiger charge is -2.19. The highest BCUT2D eigenvalue weighted by Gasteiger charge is 2.22. The van der Waals surface area contributed by atoms with Crippen LogP contribution in [0.15, 0.2) is 0 Å². The molecule has 0 aromatic heterocycles. The summed E-state index contributed by atoms with van der Waals surface area (Å²) in [5.74, 6) is 0.695. The number of aliphatic hydroxyl groups excluding tert-OH is 1. The van der Waals surface area contributed by atoms with E-state index in [-0.39, 0.29) is 13.2 Å². The van der Waals surface area contributed by atoms with E-state index in [1.807, 2.05) is 0 Å². The van der Waals surface area contributed by atoms with Crippen LogP contribution in [0, 0.1) is 5.92 Å². The predicted molar refractivity (Wildman–Crippen MR) is 82.2 cm³/mol. The topological polar surface area (TPSA) is 58.6 Å². The largest absolute Gasteiger partial charge is 0.394 e. The van der Waals surface area contributed by atoms with E-state index in [0.717, 1.165) is 12.8 Å². The predicted octanol–water partition coefficient (Wildman–Crippen LogP) is 3.10. The van der Waals surface area contributed by atoms with Gasteiger partial charge in [0.15, 0.2) is 0 Å². The molecule has 0 bridgehead atoms. The number of unbranched alkanes of at least 4 members (excludes halogenated alkanes) is 1. The average Bonchev–Trinajstić information content (AvgIpc) is 2.32. The van der Waals surface area contributed by atoms with E-state index in [0.29, 0.717) is 30.8 Å². The Balaban J connectivity index is 4.06. The summed E-state index contributed by atoms with van der Waals surface area (Å²) in [7, 11) is -2.57. The third-order valence-corrected chi connectivity index (χ3v) is 5.51. The van der Waals surface area contributed by atoms with E-state index in [9.17, 15) is 4.57 Å². The van der Waals surface area contributed by atoms with Crippen LogP contribution >= 0.6 is 7.37 Å². The first-order chi connectivity index (χ1) is 8.89. The van der Waals surface area contributed by atoms with Crippen LogP contribution in [0.2, 0.25) is 0 Å².